The van der Waals surface area contributed by atoms with E-state index in [1.165, 1.54) is 7.11 Å². The molecule has 0 aromatic carbocycles. The molecule has 1 unspecified atom stereocenters. The number of nitrogens with one attached hydrogen (secondary N) is 2. The van der Waals surface area contributed by atoms with Crippen LogP contribution in [0, 0.1) is 0 Å². The fourth-order valence-corrected chi connectivity index (χ4v) is 3.10. The smallest absolute Gasteiger partial charge is 0.325 e. The molecule has 1 saturated heterocycles. The van der Waals surface area contributed by atoms with Gasteiger partial charge in [-0.05, 0) is 6.92 Å². The van der Waals surface area contributed by atoms with E-state index in [0.29, 0.717) is 6.54 Å². The summed E-state index contributed by atoms with van der Waals surface area (Å²) < 4.78 is 37.4. The van der Waals surface area contributed by atoms with Crippen molar-refractivity contribution in [2.75, 3.05) is 46.5 Å². The number of hydrogen-bond acceptors (Lipinski definition) is 6. The number of carbonyl (C=O) groups is 1. The second-order valence-electron chi connectivity index (χ2n) is 3.97. The Morgan fingerprint density at radius 2 is 2.26 bits per heavy atom. The minimum Gasteiger partial charge on any atom is -0.465 e. The summed E-state index contributed by atoms with van der Waals surface area (Å²) in [5, 5.41) is 2.98. The number of hydrogen-bond donors (Lipinski definition) is 2. The van der Waals surface area contributed by atoms with Crippen LogP contribution in [0.5, 0.6) is 0 Å². The van der Waals surface area contributed by atoms with Crippen molar-refractivity contribution in [1.29, 1.82) is 0 Å². The summed E-state index contributed by atoms with van der Waals surface area (Å²) in [6, 6.07) is -0.825. The molecule has 1 aliphatic rings. The lowest BCUT2D eigenvalue weighted by Gasteiger charge is -2.33. The maximum atomic E-state index is 12.1. The van der Waals surface area contributed by atoms with Crippen molar-refractivity contribution in [2.24, 2.45) is 0 Å². The molecule has 0 spiro atoms. The average molecular weight is 295 g/mol. The maximum absolute atomic E-state index is 12.1. The minimum absolute atomic E-state index is 0.165. The predicted octanol–water partition coefficient (Wildman–Crippen LogP) is -1.70. The fourth-order valence-electron chi connectivity index (χ4n) is 1.77. The molecule has 1 fully saturated rings. The molecular weight excluding hydrogens is 274 g/mol. The van der Waals surface area contributed by atoms with E-state index in [-0.39, 0.29) is 32.8 Å². The Morgan fingerprint density at radius 1 is 1.53 bits per heavy atom. The molecule has 0 amide bonds. The van der Waals surface area contributed by atoms with Crippen LogP contribution in [-0.4, -0.2) is 71.2 Å². The lowest BCUT2D eigenvalue weighted by molar-refractivity contribution is -0.148. The van der Waals surface area contributed by atoms with Crippen LogP contribution in [0.15, 0.2) is 0 Å². The summed E-state index contributed by atoms with van der Waals surface area (Å²) in [5.74, 6) is -0.535. The predicted molar refractivity (Wildman–Crippen MR) is 68.8 cm³/mol. The first kappa shape index (κ1) is 16.3. The van der Waals surface area contributed by atoms with Crippen molar-refractivity contribution in [3.05, 3.63) is 0 Å². The van der Waals surface area contributed by atoms with Crippen LogP contribution in [0.2, 0.25) is 0 Å². The Bertz CT molecular complexity index is 387. The normalized spacial score (nSPS) is 21.3. The van der Waals surface area contributed by atoms with Gasteiger partial charge in [0, 0.05) is 33.3 Å². The van der Waals surface area contributed by atoms with Gasteiger partial charge in [0.1, 0.15) is 6.04 Å². The largest absolute Gasteiger partial charge is 0.465 e. The number of nitrogens with zero attached hydrogens (tertiary/aromatic N) is 1. The van der Waals surface area contributed by atoms with Gasteiger partial charge in [0.25, 0.3) is 10.2 Å². The van der Waals surface area contributed by atoms with Gasteiger partial charge in [0.05, 0.1) is 13.2 Å². The van der Waals surface area contributed by atoms with E-state index in [4.69, 9.17) is 9.47 Å². The van der Waals surface area contributed by atoms with Crippen molar-refractivity contribution in [1.82, 2.24) is 14.3 Å². The number of ether oxygens (including phenoxy) is 2. The van der Waals surface area contributed by atoms with E-state index in [1.54, 1.807) is 6.92 Å². The molecule has 0 saturated carbocycles. The number of esters is 1. The third-order valence-corrected chi connectivity index (χ3v) is 4.28. The summed E-state index contributed by atoms with van der Waals surface area (Å²) in [5.41, 5.74) is 0. The number of carbonyl (C=O) groups excluding carboxylic acids is 1. The van der Waals surface area contributed by atoms with Gasteiger partial charge >= 0.3 is 5.97 Å². The van der Waals surface area contributed by atoms with Crippen molar-refractivity contribution < 1.29 is 22.7 Å². The van der Waals surface area contributed by atoms with Crippen LogP contribution in [0.3, 0.4) is 0 Å². The lowest BCUT2D eigenvalue weighted by Crippen LogP contribution is -2.59. The molecule has 112 valence electrons. The number of piperazine rings is 1. The Labute approximate surface area is 113 Å². The molecular formula is C10H21N3O5S. The Morgan fingerprint density at radius 3 is 2.89 bits per heavy atom. The van der Waals surface area contributed by atoms with Gasteiger partial charge in [-0.1, -0.05) is 0 Å². The van der Waals surface area contributed by atoms with Gasteiger partial charge in [-0.3, -0.25) is 4.79 Å². The summed E-state index contributed by atoms with van der Waals surface area (Å²) in [6.07, 6.45) is 0. The second kappa shape index (κ2) is 7.75. The first-order valence-corrected chi connectivity index (χ1v) is 7.59. The van der Waals surface area contributed by atoms with Crippen molar-refractivity contribution in [3.8, 4) is 0 Å². The average Bonchev–Trinajstić information content (AvgIpc) is 2.39. The molecule has 1 aliphatic heterocycles. The van der Waals surface area contributed by atoms with Crippen LogP contribution in [0.4, 0.5) is 0 Å². The molecule has 9 heteroatoms. The Hall–Kier alpha value is -0.740. The molecule has 1 rings (SSSR count). The first-order chi connectivity index (χ1) is 9.03. The minimum atomic E-state index is -3.71. The standard InChI is InChI=1S/C10H21N3O5S/c1-3-18-10(14)9-8-11-4-6-13(9)19(15,16)12-5-7-17-2/h9,11-12H,3-8H2,1-2H3. The zero-order valence-electron chi connectivity index (χ0n) is 11.2. The molecule has 0 aliphatic carbocycles. The van der Waals surface area contributed by atoms with Crippen LogP contribution in [0.1, 0.15) is 6.92 Å². The second-order valence-corrected chi connectivity index (χ2v) is 5.68. The van der Waals surface area contributed by atoms with Crippen molar-refractivity contribution in [2.45, 2.75) is 13.0 Å². The van der Waals surface area contributed by atoms with E-state index in [0.717, 1.165) is 4.31 Å². The number of rotatable bonds is 7. The highest BCUT2D eigenvalue weighted by Crippen LogP contribution is 2.10. The topological polar surface area (TPSA) is 97.0 Å². The monoisotopic (exact) mass is 295 g/mol. The highest BCUT2D eigenvalue weighted by atomic mass is 32.2. The van der Waals surface area contributed by atoms with E-state index in [2.05, 4.69) is 10.0 Å². The van der Waals surface area contributed by atoms with E-state index >= 15 is 0 Å². The SMILES string of the molecule is CCOC(=O)C1CNCCN1S(=O)(=O)NCCOC. The van der Waals surface area contributed by atoms with Gasteiger partial charge in [0.15, 0.2) is 0 Å². The quantitative estimate of drug-likeness (QED) is 0.429. The summed E-state index contributed by atoms with van der Waals surface area (Å²) >= 11 is 0. The van der Waals surface area contributed by atoms with E-state index in [9.17, 15) is 13.2 Å². The molecule has 0 radical (unpaired) electrons. The van der Waals surface area contributed by atoms with Crippen molar-refractivity contribution in [3.63, 3.8) is 0 Å². The lowest BCUT2D eigenvalue weighted by atomic mass is 10.2. The van der Waals surface area contributed by atoms with E-state index < -0.39 is 22.2 Å². The molecule has 1 heterocycles. The number of methoxy groups -OCH3 is 1. The fraction of sp³-hybridized carbons (Fsp3) is 0.900. The first-order valence-electron chi connectivity index (χ1n) is 6.15. The van der Waals surface area contributed by atoms with Gasteiger partial charge in [-0.2, -0.15) is 17.4 Å². The third-order valence-electron chi connectivity index (χ3n) is 2.65. The van der Waals surface area contributed by atoms with Gasteiger partial charge in [-0.25, -0.2) is 0 Å². The highest BCUT2D eigenvalue weighted by Gasteiger charge is 2.37. The van der Waals surface area contributed by atoms with Gasteiger partial charge in [-0.15, -0.1) is 0 Å². The van der Waals surface area contributed by atoms with Crippen LogP contribution < -0.4 is 10.0 Å². The molecule has 1 atom stereocenters. The van der Waals surface area contributed by atoms with Crippen LogP contribution in [-0.2, 0) is 24.5 Å². The van der Waals surface area contributed by atoms with Gasteiger partial charge in [0.2, 0.25) is 0 Å². The third kappa shape index (κ3) is 4.69. The van der Waals surface area contributed by atoms with Crippen LogP contribution in [0.25, 0.3) is 0 Å². The Kier molecular flexibility index (Phi) is 6.66. The summed E-state index contributed by atoms with van der Waals surface area (Å²) in [4.78, 5) is 11.8. The summed E-state index contributed by atoms with van der Waals surface area (Å²) in [6.45, 7) is 3.33. The van der Waals surface area contributed by atoms with E-state index in [1.807, 2.05) is 0 Å². The van der Waals surface area contributed by atoms with Crippen LogP contribution >= 0.6 is 0 Å². The molecule has 19 heavy (non-hydrogen) atoms. The van der Waals surface area contributed by atoms with Gasteiger partial charge < -0.3 is 14.8 Å². The molecule has 0 aromatic rings. The summed E-state index contributed by atoms with van der Waals surface area (Å²) in [7, 11) is -2.22. The Balaban J connectivity index is 2.72. The maximum Gasteiger partial charge on any atom is 0.325 e. The highest BCUT2D eigenvalue weighted by molar-refractivity contribution is 7.87. The molecule has 0 bridgehead atoms. The van der Waals surface area contributed by atoms with Crippen molar-refractivity contribution >= 4 is 16.2 Å². The zero-order chi connectivity index (χ0) is 14.3. The molecule has 2 N–H and O–H groups in total. The zero-order valence-corrected chi connectivity index (χ0v) is 12.0. The molecule has 8 nitrogen and oxygen atoms in total. The molecule has 0 aromatic heterocycles.